The van der Waals surface area contributed by atoms with E-state index in [9.17, 15) is 0 Å². The van der Waals surface area contributed by atoms with Crippen LogP contribution < -0.4 is 4.57 Å². The van der Waals surface area contributed by atoms with E-state index in [0.717, 1.165) is 5.92 Å². The molecular formula is C24H28N+. The van der Waals surface area contributed by atoms with Gasteiger partial charge in [0.05, 0.1) is 5.39 Å². The van der Waals surface area contributed by atoms with Crippen molar-refractivity contribution in [2.45, 2.75) is 51.9 Å². The number of aryl methyl sites for hydroxylation is 3. The molecule has 25 heavy (non-hydrogen) atoms. The molecule has 0 N–H and O–H groups in total. The molecule has 128 valence electrons. The number of fused-ring (bicyclic) bond motifs is 1. The summed E-state index contributed by atoms with van der Waals surface area (Å²) >= 11 is 0. The van der Waals surface area contributed by atoms with Gasteiger partial charge in [-0.3, -0.25) is 0 Å². The van der Waals surface area contributed by atoms with Gasteiger partial charge >= 0.3 is 0 Å². The van der Waals surface area contributed by atoms with Gasteiger partial charge in [0.25, 0.3) is 0 Å². The fraction of sp³-hybridized carbons (Fsp3) is 0.375. The van der Waals surface area contributed by atoms with E-state index in [2.05, 4.69) is 74.1 Å². The zero-order valence-corrected chi connectivity index (χ0v) is 15.7. The van der Waals surface area contributed by atoms with Gasteiger partial charge in [0.15, 0.2) is 6.20 Å². The van der Waals surface area contributed by atoms with Crippen molar-refractivity contribution in [3.8, 4) is 11.3 Å². The highest BCUT2D eigenvalue weighted by Gasteiger charge is 2.20. The van der Waals surface area contributed by atoms with Crippen LogP contribution in [0.1, 0.15) is 54.7 Å². The van der Waals surface area contributed by atoms with Crippen molar-refractivity contribution >= 4 is 10.8 Å². The Bertz CT molecular complexity index is 917. The molecule has 1 aromatic heterocycles. The molecule has 1 heterocycles. The molecule has 1 aliphatic rings. The highest BCUT2D eigenvalue weighted by atomic mass is 14.9. The number of nitrogens with zero attached hydrogens (tertiary/aromatic N) is 1. The van der Waals surface area contributed by atoms with E-state index >= 15 is 0 Å². The van der Waals surface area contributed by atoms with Crippen LogP contribution in [-0.4, -0.2) is 0 Å². The van der Waals surface area contributed by atoms with Gasteiger partial charge in [-0.05, 0) is 61.3 Å². The SMILES string of the molecule is Cc1ccc(C)c(-c2c3ccc(C4CCCCC4)cc3cc[n+]2C)c1. The summed E-state index contributed by atoms with van der Waals surface area (Å²) in [7, 11) is 2.16. The second-order valence-electron chi connectivity index (χ2n) is 7.78. The normalized spacial score (nSPS) is 15.6. The van der Waals surface area contributed by atoms with Crippen LogP contribution in [0, 0.1) is 13.8 Å². The van der Waals surface area contributed by atoms with Gasteiger partial charge in [0, 0.05) is 11.6 Å². The van der Waals surface area contributed by atoms with Crippen LogP contribution in [0.25, 0.3) is 22.0 Å². The van der Waals surface area contributed by atoms with Gasteiger partial charge in [-0.1, -0.05) is 49.1 Å². The molecule has 0 saturated heterocycles. The predicted molar refractivity (Wildman–Crippen MR) is 106 cm³/mol. The van der Waals surface area contributed by atoms with Gasteiger partial charge < -0.3 is 0 Å². The van der Waals surface area contributed by atoms with E-state index in [0.29, 0.717) is 0 Å². The third-order valence-corrected chi connectivity index (χ3v) is 5.89. The Morgan fingerprint density at radius 3 is 2.48 bits per heavy atom. The van der Waals surface area contributed by atoms with Crippen molar-refractivity contribution in [2.75, 3.05) is 0 Å². The van der Waals surface area contributed by atoms with Crippen molar-refractivity contribution in [3.05, 3.63) is 65.4 Å². The van der Waals surface area contributed by atoms with E-state index in [1.807, 2.05) is 0 Å². The molecule has 1 fully saturated rings. The molecular weight excluding hydrogens is 302 g/mol. The van der Waals surface area contributed by atoms with Crippen molar-refractivity contribution in [1.82, 2.24) is 0 Å². The maximum Gasteiger partial charge on any atom is 0.220 e. The second kappa shape index (κ2) is 6.63. The van der Waals surface area contributed by atoms with Crippen LogP contribution in [-0.2, 0) is 7.05 Å². The van der Waals surface area contributed by atoms with Gasteiger partial charge in [0.2, 0.25) is 5.69 Å². The van der Waals surface area contributed by atoms with Gasteiger partial charge in [-0.25, -0.2) is 4.57 Å². The third kappa shape index (κ3) is 3.08. The Balaban J connectivity index is 1.87. The van der Waals surface area contributed by atoms with E-state index < -0.39 is 0 Å². The summed E-state index contributed by atoms with van der Waals surface area (Å²) in [6, 6.07) is 16.2. The average molecular weight is 330 g/mol. The summed E-state index contributed by atoms with van der Waals surface area (Å²) in [5.41, 5.74) is 6.86. The zero-order chi connectivity index (χ0) is 17.4. The quantitative estimate of drug-likeness (QED) is 0.508. The molecule has 1 saturated carbocycles. The Labute approximate surface area is 151 Å². The first-order valence-electron chi connectivity index (χ1n) is 9.63. The van der Waals surface area contributed by atoms with Crippen molar-refractivity contribution in [2.24, 2.45) is 7.05 Å². The minimum atomic E-state index is 0.760. The molecule has 2 aromatic carbocycles. The molecule has 0 unspecified atom stereocenters. The molecule has 3 aromatic rings. The number of hydrogen-bond donors (Lipinski definition) is 0. The smallest absolute Gasteiger partial charge is 0.200 e. The molecule has 0 radical (unpaired) electrons. The Hall–Kier alpha value is -2.15. The largest absolute Gasteiger partial charge is 0.220 e. The molecule has 1 aliphatic carbocycles. The fourth-order valence-electron chi connectivity index (χ4n) is 4.41. The highest BCUT2D eigenvalue weighted by Crippen LogP contribution is 2.35. The van der Waals surface area contributed by atoms with E-state index in [4.69, 9.17) is 0 Å². The lowest BCUT2D eigenvalue weighted by Gasteiger charge is -2.22. The Morgan fingerprint density at radius 1 is 0.880 bits per heavy atom. The summed E-state index contributed by atoms with van der Waals surface area (Å²) in [5, 5.41) is 2.73. The topological polar surface area (TPSA) is 3.88 Å². The first-order valence-corrected chi connectivity index (χ1v) is 9.63. The molecule has 0 amide bonds. The molecule has 0 atom stereocenters. The lowest BCUT2D eigenvalue weighted by molar-refractivity contribution is -0.659. The summed E-state index contributed by atoms with van der Waals surface area (Å²) in [6.07, 6.45) is 9.12. The van der Waals surface area contributed by atoms with Crippen LogP contribution in [0.15, 0.2) is 48.7 Å². The van der Waals surface area contributed by atoms with Crippen molar-refractivity contribution < 1.29 is 4.57 Å². The predicted octanol–water partition coefficient (Wildman–Crippen LogP) is 6.00. The van der Waals surface area contributed by atoms with Crippen molar-refractivity contribution in [1.29, 1.82) is 0 Å². The molecule has 1 nitrogen and oxygen atoms in total. The molecule has 4 rings (SSSR count). The maximum absolute atomic E-state index is 2.44. The summed E-state index contributed by atoms with van der Waals surface area (Å²) in [5.74, 6) is 0.760. The van der Waals surface area contributed by atoms with Crippen molar-refractivity contribution in [3.63, 3.8) is 0 Å². The standard InChI is InChI=1S/C24H28N/c1-17-9-10-18(2)23(15-17)24-22-12-11-20(19-7-5-4-6-8-19)16-21(22)13-14-25(24)3/h9-16,19H,4-8H2,1-3H3/q+1. The first kappa shape index (κ1) is 16.3. The number of aromatic nitrogens is 1. The fourth-order valence-corrected chi connectivity index (χ4v) is 4.41. The van der Waals surface area contributed by atoms with Gasteiger partial charge in [-0.2, -0.15) is 0 Å². The lowest BCUT2D eigenvalue weighted by Crippen LogP contribution is -2.30. The van der Waals surface area contributed by atoms with Crippen LogP contribution in [0.4, 0.5) is 0 Å². The molecule has 0 aliphatic heterocycles. The maximum atomic E-state index is 2.44. The number of pyridine rings is 1. The summed E-state index contributed by atoms with van der Waals surface area (Å²) in [4.78, 5) is 0. The minimum Gasteiger partial charge on any atom is -0.200 e. The van der Waals surface area contributed by atoms with E-state index in [-0.39, 0.29) is 0 Å². The van der Waals surface area contributed by atoms with Gasteiger partial charge in [-0.15, -0.1) is 0 Å². The van der Waals surface area contributed by atoms with E-state index in [1.54, 1.807) is 0 Å². The van der Waals surface area contributed by atoms with Crippen LogP contribution in [0.5, 0.6) is 0 Å². The van der Waals surface area contributed by atoms with Crippen LogP contribution >= 0.6 is 0 Å². The highest BCUT2D eigenvalue weighted by molar-refractivity contribution is 5.94. The van der Waals surface area contributed by atoms with Crippen LogP contribution in [0.2, 0.25) is 0 Å². The Morgan fingerprint density at radius 2 is 1.68 bits per heavy atom. The summed E-state index contributed by atoms with van der Waals surface area (Å²) < 4.78 is 2.27. The zero-order valence-electron chi connectivity index (χ0n) is 15.7. The second-order valence-corrected chi connectivity index (χ2v) is 7.78. The minimum absolute atomic E-state index is 0.760. The van der Waals surface area contributed by atoms with Gasteiger partial charge in [0.1, 0.15) is 7.05 Å². The Kier molecular flexibility index (Phi) is 4.33. The first-order chi connectivity index (χ1) is 12.1. The lowest BCUT2D eigenvalue weighted by atomic mass is 9.83. The number of rotatable bonds is 2. The van der Waals surface area contributed by atoms with E-state index in [1.165, 1.54) is 70.8 Å². The van der Waals surface area contributed by atoms with Crippen LogP contribution in [0.3, 0.4) is 0 Å². The number of benzene rings is 2. The third-order valence-electron chi connectivity index (χ3n) is 5.89. The average Bonchev–Trinajstić information content (AvgIpc) is 2.64. The molecule has 0 spiro atoms. The molecule has 0 bridgehead atoms. The monoisotopic (exact) mass is 330 g/mol. The summed E-state index contributed by atoms with van der Waals surface area (Å²) in [6.45, 7) is 4.39. The molecule has 1 heteroatoms. The number of hydrogen-bond acceptors (Lipinski definition) is 0.